The molecule has 1 N–H and O–H groups in total. The van der Waals surface area contributed by atoms with Crippen LogP contribution in [0.5, 0.6) is 0 Å². The molecule has 29 heavy (non-hydrogen) atoms. The summed E-state index contributed by atoms with van der Waals surface area (Å²) in [4.78, 5) is 28.0. The van der Waals surface area contributed by atoms with Crippen LogP contribution in [0.2, 0.25) is 0 Å². The molecule has 1 saturated heterocycles. The minimum Gasteiger partial charge on any atom is -0.349 e. The van der Waals surface area contributed by atoms with Gasteiger partial charge in [-0.15, -0.1) is 0 Å². The van der Waals surface area contributed by atoms with Crippen molar-refractivity contribution in [2.45, 2.75) is 63.5 Å². The predicted molar refractivity (Wildman–Crippen MR) is 115 cm³/mol. The molecule has 2 aliphatic rings. The Labute approximate surface area is 173 Å². The minimum absolute atomic E-state index is 0.00950. The number of carbonyl (C=O) groups excluding carboxylic acids is 2. The molecule has 0 bridgehead atoms. The van der Waals surface area contributed by atoms with E-state index < -0.39 is 5.54 Å². The fourth-order valence-corrected chi connectivity index (χ4v) is 4.95. The van der Waals surface area contributed by atoms with Gasteiger partial charge < -0.3 is 10.2 Å². The molecule has 0 spiro atoms. The summed E-state index contributed by atoms with van der Waals surface area (Å²) in [5.74, 6) is -0.0103. The molecule has 4 nitrogen and oxygen atoms in total. The van der Waals surface area contributed by atoms with Gasteiger partial charge in [0.1, 0.15) is 5.54 Å². The highest BCUT2D eigenvalue weighted by Gasteiger charge is 2.51. The maximum absolute atomic E-state index is 13.6. The Balaban J connectivity index is 1.72. The third-order valence-electron chi connectivity index (χ3n) is 6.75. The quantitative estimate of drug-likeness (QED) is 0.826. The molecule has 152 valence electrons. The number of nitrogens with zero attached hydrogens (tertiary/aromatic N) is 1. The van der Waals surface area contributed by atoms with Crippen LogP contribution < -0.4 is 5.32 Å². The third kappa shape index (κ3) is 3.68. The van der Waals surface area contributed by atoms with Crippen LogP contribution in [-0.2, 0) is 16.0 Å². The summed E-state index contributed by atoms with van der Waals surface area (Å²) in [7, 11) is 0. The lowest BCUT2D eigenvalue weighted by atomic mass is 9.77. The first-order valence-electron chi connectivity index (χ1n) is 10.7. The van der Waals surface area contributed by atoms with Crippen molar-refractivity contribution in [2.75, 3.05) is 6.54 Å². The number of nitrogens with one attached hydrogen (secondary N) is 1. The van der Waals surface area contributed by atoms with Gasteiger partial charge in [0.2, 0.25) is 11.8 Å². The summed E-state index contributed by atoms with van der Waals surface area (Å²) < 4.78 is 0. The minimum atomic E-state index is -0.810. The molecule has 1 heterocycles. The van der Waals surface area contributed by atoms with Crippen molar-refractivity contribution < 1.29 is 9.59 Å². The number of benzene rings is 2. The Hall–Kier alpha value is -2.62. The van der Waals surface area contributed by atoms with Gasteiger partial charge in [-0.2, -0.15) is 0 Å². The summed E-state index contributed by atoms with van der Waals surface area (Å²) in [6, 6.07) is 18.5. The summed E-state index contributed by atoms with van der Waals surface area (Å²) in [6.07, 6.45) is 5.27. The van der Waals surface area contributed by atoms with Gasteiger partial charge in [-0.05, 0) is 55.7 Å². The highest BCUT2D eigenvalue weighted by atomic mass is 16.2. The second-order valence-corrected chi connectivity index (χ2v) is 8.87. The second-order valence-electron chi connectivity index (χ2n) is 8.87. The zero-order valence-electron chi connectivity index (χ0n) is 17.4. The number of hydrogen-bond donors (Lipinski definition) is 1. The fourth-order valence-electron chi connectivity index (χ4n) is 4.95. The van der Waals surface area contributed by atoms with Crippen molar-refractivity contribution >= 4 is 11.8 Å². The molecule has 0 aromatic heterocycles. The molecule has 4 heteroatoms. The lowest BCUT2D eigenvalue weighted by molar-refractivity contribution is -0.145. The molecular formula is C25H30N2O2. The molecule has 1 unspecified atom stereocenters. The van der Waals surface area contributed by atoms with Crippen LogP contribution in [0.3, 0.4) is 0 Å². The Morgan fingerprint density at radius 2 is 1.66 bits per heavy atom. The standard InChI is InChI=1S/C25H30N2O2/c1-19(28)27-17-9-16-25(27,23(29)26-24(2)14-8-15-24)18-21-12-6-7-13-22(21)20-10-4-3-5-11-20/h3-7,10-13H,8-9,14-18H2,1-2H3,(H,26,29). The van der Waals surface area contributed by atoms with Gasteiger partial charge in [0, 0.05) is 25.4 Å². The van der Waals surface area contributed by atoms with Gasteiger partial charge in [0.15, 0.2) is 0 Å². The maximum atomic E-state index is 13.6. The summed E-state index contributed by atoms with van der Waals surface area (Å²) in [6.45, 7) is 4.35. The Morgan fingerprint density at radius 1 is 0.966 bits per heavy atom. The second kappa shape index (κ2) is 7.66. The third-order valence-corrected chi connectivity index (χ3v) is 6.75. The number of likely N-dealkylation sites (tertiary alicyclic amines) is 1. The Bertz CT molecular complexity index is 904. The molecule has 2 fully saturated rings. The first-order valence-corrected chi connectivity index (χ1v) is 10.7. The number of hydrogen-bond acceptors (Lipinski definition) is 2. The molecule has 0 radical (unpaired) electrons. The molecule has 2 aromatic rings. The number of amides is 2. The van der Waals surface area contributed by atoms with E-state index in [4.69, 9.17) is 0 Å². The summed E-state index contributed by atoms with van der Waals surface area (Å²) in [5, 5.41) is 3.31. The average Bonchev–Trinajstić information content (AvgIpc) is 3.13. The molecule has 2 aromatic carbocycles. The van der Waals surface area contributed by atoms with Crippen LogP contribution >= 0.6 is 0 Å². The van der Waals surface area contributed by atoms with E-state index in [0.29, 0.717) is 19.4 Å². The van der Waals surface area contributed by atoms with E-state index in [1.807, 2.05) is 35.2 Å². The normalized spacial score (nSPS) is 22.8. The number of carbonyl (C=O) groups is 2. The Morgan fingerprint density at radius 3 is 2.31 bits per heavy atom. The first-order chi connectivity index (χ1) is 13.9. The largest absolute Gasteiger partial charge is 0.349 e. The summed E-state index contributed by atoms with van der Waals surface area (Å²) >= 11 is 0. The van der Waals surface area contributed by atoms with Crippen LogP contribution in [0.25, 0.3) is 11.1 Å². The summed E-state index contributed by atoms with van der Waals surface area (Å²) in [5.41, 5.74) is 2.44. The van der Waals surface area contributed by atoms with Crippen molar-refractivity contribution in [2.24, 2.45) is 0 Å². The van der Waals surface area contributed by atoms with E-state index >= 15 is 0 Å². The van der Waals surface area contributed by atoms with E-state index in [0.717, 1.165) is 42.4 Å². The topological polar surface area (TPSA) is 49.4 Å². The molecule has 1 aliphatic carbocycles. The van der Waals surface area contributed by atoms with Gasteiger partial charge in [-0.3, -0.25) is 9.59 Å². The molecule has 1 saturated carbocycles. The van der Waals surface area contributed by atoms with Crippen LogP contribution in [0, 0.1) is 0 Å². The van der Waals surface area contributed by atoms with Crippen LogP contribution in [0.4, 0.5) is 0 Å². The van der Waals surface area contributed by atoms with E-state index in [1.54, 1.807) is 6.92 Å². The lowest BCUT2D eigenvalue weighted by Gasteiger charge is -2.44. The number of rotatable bonds is 5. The van der Waals surface area contributed by atoms with Crippen LogP contribution in [0.1, 0.15) is 51.5 Å². The highest BCUT2D eigenvalue weighted by Crippen LogP contribution is 2.38. The monoisotopic (exact) mass is 390 g/mol. The van der Waals surface area contributed by atoms with Gasteiger partial charge in [0.25, 0.3) is 0 Å². The van der Waals surface area contributed by atoms with E-state index in [2.05, 4.69) is 36.5 Å². The highest BCUT2D eigenvalue weighted by molar-refractivity contribution is 5.92. The van der Waals surface area contributed by atoms with Gasteiger partial charge in [-0.1, -0.05) is 54.6 Å². The molecular weight excluding hydrogens is 360 g/mol. The average molecular weight is 391 g/mol. The first kappa shape index (κ1) is 19.7. The molecule has 1 atom stereocenters. The van der Waals surface area contributed by atoms with Crippen LogP contribution in [-0.4, -0.2) is 34.3 Å². The van der Waals surface area contributed by atoms with Crippen molar-refractivity contribution in [1.82, 2.24) is 10.2 Å². The SMILES string of the molecule is CC(=O)N1CCCC1(Cc1ccccc1-c1ccccc1)C(=O)NC1(C)CCC1. The van der Waals surface area contributed by atoms with E-state index in [9.17, 15) is 9.59 Å². The molecule has 2 amide bonds. The van der Waals surface area contributed by atoms with Crippen molar-refractivity contribution in [1.29, 1.82) is 0 Å². The van der Waals surface area contributed by atoms with Crippen LogP contribution in [0.15, 0.2) is 54.6 Å². The molecule has 1 aliphatic heterocycles. The molecule has 4 rings (SSSR count). The lowest BCUT2D eigenvalue weighted by Crippen LogP contribution is -2.63. The fraction of sp³-hybridized carbons (Fsp3) is 0.440. The van der Waals surface area contributed by atoms with Crippen molar-refractivity contribution in [3.05, 3.63) is 60.2 Å². The van der Waals surface area contributed by atoms with E-state index in [1.165, 1.54) is 0 Å². The Kier molecular flexibility index (Phi) is 5.20. The predicted octanol–water partition coefficient (Wildman–Crippen LogP) is 4.34. The van der Waals surface area contributed by atoms with Gasteiger partial charge >= 0.3 is 0 Å². The van der Waals surface area contributed by atoms with Crippen molar-refractivity contribution in [3.63, 3.8) is 0 Å². The van der Waals surface area contributed by atoms with Gasteiger partial charge in [0.05, 0.1) is 0 Å². The van der Waals surface area contributed by atoms with E-state index in [-0.39, 0.29) is 17.4 Å². The smallest absolute Gasteiger partial charge is 0.246 e. The maximum Gasteiger partial charge on any atom is 0.246 e. The van der Waals surface area contributed by atoms with Gasteiger partial charge in [-0.25, -0.2) is 0 Å². The van der Waals surface area contributed by atoms with Crippen molar-refractivity contribution in [3.8, 4) is 11.1 Å². The zero-order valence-corrected chi connectivity index (χ0v) is 17.4. The zero-order chi connectivity index (χ0) is 20.5.